The average Bonchev–Trinajstić information content (AvgIpc) is 3.04. The second-order valence-corrected chi connectivity index (χ2v) is 6.36. The molecule has 2 aromatic heterocycles. The number of H-pyrrole nitrogens is 1. The van der Waals surface area contributed by atoms with Gasteiger partial charge in [-0.25, -0.2) is 4.98 Å². The van der Waals surface area contributed by atoms with Crippen LogP contribution < -0.4 is 10.5 Å². The van der Waals surface area contributed by atoms with E-state index in [1.165, 1.54) is 16.3 Å². The third-order valence-corrected chi connectivity index (χ3v) is 4.38. The minimum absolute atomic E-state index is 0.150. The van der Waals surface area contributed by atoms with E-state index < -0.39 is 0 Å². The van der Waals surface area contributed by atoms with Gasteiger partial charge in [0, 0.05) is 12.5 Å². The third kappa shape index (κ3) is 3.51. The molecule has 1 amide bonds. The molecule has 3 rings (SSSR count). The number of anilines is 1. The maximum Gasteiger partial charge on any atom is 0.277 e. The first-order valence-electron chi connectivity index (χ1n) is 8.81. The van der Waals surface area contributed by atoms with Crippen molar-refractivity contribution in [3.05, 3.63) is 57.5 Å². The molecule has 26 heavy (non-hydrogen) atoms. The molecule has 7 nitrogen and oxygen atoms in total. The molecule has 0 aliphatic heterocycles. The maximum atomic E-state index is 12.8. The lowest BCUT2D eigenvalue weighted by Crippen LogP contribution is -2.29. The molecule has 0 unspecified atom stereocenters. The number of carbonyl (C=O) groups excluding carboxylic acids is 1. The number of carbonyl (C=O) groups is 1. The summed E-state index contributed by atoms with van der Waals surface area (Å²) in [5, 5.41) is 2.95. The Bertz CT molecular complexity index is 975. The molecule has 0 atom stereocenters. The van der Waals surface area contributed by atoms with E-state index in [9.17, 15) is 9.59 Å². The van der Waals surface area contributed by atoms with Crippen LogP contribution in [0.25, 0.3) is 5.78 Å². The van der Waals surface area contributed by atoms with Crippen LogP contribution >= 0.6 is 0 Å². The van der Waals surface area contributed by atoms with Crippen molar-refractivity contribution in [1.82, 2.24) is 19.6 Å². The Morgan fingerprint density at radius 1 is 1.23 bits per heavy atom. The monoisotopic (exact) mass is 353 g/mol. The third-order valence-electron chi connectivity index (χ3n) is 4.38. The Kier molecular flexibility index (Phi) is 5.16. The predicted molar refractivity (Wildman–Crippen MR) is 100 cm³/mol. The Labute approximate surface area is 151 Å². The van der Waals surface area contributed by atoms with Crippen LogP contribution in [0.3, 0.4) is 0 Å². The maximum absolute atomic E-state index is 12.8. The largest absolute Gasteiger partial charge is 0.277 e. The number of nitrogens with one attached hydrogen (secondary N) is 1. The Morgan fingerprint density at radius 3 is 2.62 bits per heavy atom. The smallest absolute Gasteiger partial charge is 0.277 e. The Hall–Kier alpha value is -2.96. The second kappa shape index (κ2) is 7.51. The lowest BCUT2D eigenvalue weighted by Gasteiger charge is -2.17. The highest BCUT2D eigenvalue weighted by molar-refractivity contribution is 5.89. The van der Waals surface area contributed by atoms with Gasteiger partial charge in [-0.3, -0.25) is 19.6 Å². The van der Waals surface area contributed by atoms with E-state index in [0.717, 1.165) is 18.4 Å². The number of aromatic amines is 1. The molecular weight excluding hydrogens is 330 g/mol. The van der Waals surface area contributed by atoms with Crippen molar-refractivity contribution in [2.75, 3.05) is 4.90 Å². The fraction of sp³-hybridized carbons (Fsp3) is 0.368. The van der Waals surface area contributed by atoms with Crippen molar-refractivity contribution in [2.24, 2.45) is 0 Å². The van der Waals surface area contributed by atoms with Gasteiger partial charge in [-0.1, -0.05) is 43.7 Å². The van der Waals surface area contributed by atoms with Crippen molar-refractivity contribution in [1.29, 1.82) is 0 Å². The standard InChI is InChI=1S/C19H23N5O2/c1-4-5-11-16-13(2)20-18-21-19(22-24(18)17(16)26)23(14(3)25)12-15-9-7-6-8-10-15/h6-10H,4-5,11-12H2,1-3H3,(H,20,21,22). The Morgan fingerprint density at radius 2 is 1.96 bits per heavy atom. The molecule has 0 fully saturated rings. The molecule has 0 aliphatic carbocycles. The first-order valence-corrected chi connectivity index (χ1v) is 8.81. The summed E-state index contributed by atoms with van der Waals surface area (Å²) < 4.78 is 1.33. The summed E-state index contributed by atoms with van der Waals surface area (Å²) >= 11 is 0. The lowest BCUT2D eigenvalue weighted by molar-refractivity contribution is -0.116. The molecule has 0 aliphatic rings. The number of aryl methyl sites for hydroxylation is 1. The number of unbranched alkanes of at least 4 members (excludes halogenated alkanes) is 1. The van der Waals surface area contributed by atoms with Gasteiger partial charge >= 0.3 is 0 Å². The zero-order valence-corrected chi connectivity index (χ0v) is 15.3. The van der Waals surface area contributed by atoms with Gasteiger partial charge in [0.15, 0.2) is 0 Å². The van der Waals surface area contributed by atoms with E-state index in [-0.39, 0.29) is 17.2 Å². The zero-order valence-electron chi connectivity index (χ0n) is 15.3. The number of aromatic nitrogens is 4. The highest BCUT2D eigenvalue weighted by Crippen LogP contribution is 2.14. The van der Waals surface area contributed by atoms with Gasteiger partial charge in [0.05, 0.1) is 12.2 Å². The second-order valence-electron chi connectivity index (χ2n) is 6.36. The van der Waals surface area contributed by atoms with Crippen molar-refractivity contribution < 1.29 is 4.79 Å². The molecule has 0 saturated carbocycles. The summed E-state index contributed by atoms with van der Waals surface area (Å²) in [5.41, 5.74) is 2.21. The Balaban J connectivity index is 2.02. The van der Waals surface area contributed by atoms with Gasteiger partial charge in [-0.2, -0.15) is 9.50 Å². The molecule has 2 heterocycles. The normalized spacial score (nSPS) is 11.0. The number of rotatable bonds is 6. The molecule has 1 aromatic carbocycles. The highest BCUT2D eigenvalue weighted by Gasteiger charge is 2.19. The van der Waals surface area contributed by atoms with E-state index in [1.807, 2.05) is 37.3 Å². The molecule has 0 radical (unpaired) electrons. The van der Waals surface area contributed by atoms with E-state index in [2.05, 4.69) is 22.0 Å². The van der Waals surface area contributed by atoms with Crippen LogP contribution in [0.5, 0.6) is 0 Å². The predicted octanol–water partition coefficient (Wildman–Crippen LogP) is 2.62. The number of nitrogens with zero attached hydrogens (tertiary/aromatic N) is 4. The van der Waals surface area contributed by atoms with Crippen LogP contribution in [-0.4, -0.2) is 25.5 Å². The lowest BCUT2D eigenvalue weighted by atomic mass is 10.1. The molecule has 1 N–H and O–H groups in total. The van der Waals surface area contributed by atoms with Crippen molar-refractivity contribution in [3.63, 3.8) is 0 Å². The van der Waals surface area contributed by atoms with Crippen LogP contribution in [0.1, 0.15) is 43.5 Å². The van der Waals surface area contributed by atoms with Gasteiger partial charge in [-0.05, 0) is 25.3 Å². The SMILES string of the molecule is CCCCc1c(C)nc2nc(N(Cc3ccccc3)C(C)=O)[nH]n2c1=O. The minimum Gasteiger partial charge on any atom is -0.277 e. The van der Waals surface area contributed by atoms with Crippen LogP contribution in [0.15, 0.2) is 35.1 Å². The van der Waals surface area contributed by atoms with Crippen LogP contribution in [0, 0.1) is 6.92 Å². The van der Waals surface area contributed by atoms with Crippen LogP contribution in [0.2, 0.25) is 0 Å². The topological polar surface area (TPSA) is 83.4 Å². The fourth-order valence-electron chi connectivity index (χ4n) is 2.91. The van der Waals surface area contributed by atoms with Crippen molar-refractivity contribution in [3.8, 4) is 0 Å². The number of hydrogen-bond acceptors (Lipinski definition) is 4. The number of amides is 1. The summed E-state index contributed by atoms with van der Waals surface area (Å²) in [6.45, 7) is 5.76. The zero-order chi connectivity index (χ0) is 18.7. The van der Waals surface area contributed by atoms with Crippen molar-refractivity contribution >= 4 is 17.6 Å². The van der Waals surface area contributed by atoms with Crippen LogP contribution in [0.4, 0.5) is 5.95 Å². The van der Waals surface area contributed by atoms with Crippen molar-refractivity contribution in [2.45, 2.75) is 46.6 Å². The molecule has 136 valence electrons. The number of benzene rings is 1. The van der Waals surface area contributed by atoms with E-state index in [4.69, 9.17) is 0 Å². The van der Waals surface area contributed by atoms with E-state index in [0.29, 0.717) is 30.2 Å². The molecule has 0 saturated heterocycles. The van der Waals surface area contributed by atoms with Gasteiger partial charge in [0.2, 0.25) is 11.9 Å². The summed E-state index contributed by atoms with van der Waals surface area (Å²) in [6.07, 6.45) is 2.62. The minimum atomic E-state index is -0.163. The van der Waals surface area contributed by atoms with E-state index in [1.54, 1.807) is 0 Å². The first-order chi connectivity index (χ1) is 12.5. The fourth-order valence-corrected chi connectivity index (χ4v) is 2.91. The molecular formula is C19H23N5O2. The summed E-state index contributed by atoms with van der Waals surface area (Å²) in [6, 6.07) is 9.64. The summed E-state index contributed by atoms with van der Waals surface area (Å²) in [5.74, 6) is 0.434. The summed E-state index contributed by atoms with van der Waals surface area (Å²) in [4.78, 5) is 35.2. The molecule has 7 heteroatoms. The number of hydrogen-bond donors (Lipinski definition) is 1. The highest BCUT2D eigenvalue weighted by atomic mass is 16.2. The average molecular weight is 353 g/mol. The van der Waals surface area contributed by atoms with Crippen LogP contribution in [-0.2, 0) is 17.8 Å². The molecule has 3 aromatic rings. The van der Waals surface area contributed by atoms with Gasteiger partial charge in [0.1, 0.15) is 0 Å². The van der Waals surface area contributed by atoms with Gasteiger partial charge in [0.25, 0.3) is 11.3 Å². The molecule has 0 spiro atoms. The molecule has 0 bridgehead atoms. The quantitative estimate of drug-likeness (QED) is 0.738. The number of fused-ring (bicyclic) bond motifs is 1. The summed E-state index contributed by atoms with van der Waals surface area (Å²) in [7, 11) is 0. The first kappa shape index (κ1) is 17.8. The van der Waals surface area contributed by atoms with Gasteiger partial charge in [-0.15, -0.1) is 0 Å². The van der Waals surface area contributed by atoms with E-state index >= 15 is 0 Å². The van der Waals surface area contributed by atoms with Gasteiger partial charge < -0.3 is 0 Å².